The van der Waals surface area contributed by atoms with Crippen molar-refractivity contribution >= 4 is 55.9 Å². The lowest BCUT2D eigenvalue weighted by Crippen LogP contribution is -2.40. The largest absolute Gasteiger partial charge is 0.452 e. The van der Waals surface area contributed by atoms with Gasteiger partial charge in [0.05, 0.1) is 28.3 Å². The maximum absolute atomic E-state index is 13.4. The fourth-order valence-electron chi connectivity index (χ4n) is 5.05. The van der Waals surface area contributed by atoms with Crippen molar-refractivity contribution in [2.45, 2.75) is 31.7 Å². The second-order valence-corrected chi connectivity index (χ2v) is 12.2. The molecule has 2 aliphatic rings. The Morgan fingerprint density at radius 3 is 2.62 bits per heavy atom. The molecule has 1 fully saturated rings. The number of rotatable bonds is 5. The van der Waals surface area contributed by atoms with Gasteiger partial charge >= 0.3 is 5.97 Å². The van der Waals surface area contributed by atoms with Crippen molar-refractivity contribution in [3.8, 4) is 0 Å². The molecule has 0 saturated carbocycles. The lowest BCUT2D eigenvalue weighted by Gasteiger charge is -2.24. The van der Waals surface area contributed by atoms with Gasteiger partial charge in [-0.15, -0.1) is 0 Å². The summed E-state index contributed by atoms with van der Waals surface area (Å²) < 4.78 is 29.1. The second-order valence-electron chi connectivity index (χ2n) is 9.54. The van der Waals surface area contributed by atoms with Gasteiger partial charge in [0.2, 0.25) is 0 Å². The number of sulfone groups is 1. The highest BCUT2D eigenvalue weighted by Crippen LogP contribution is 2.36. The highest BCUT2D eigenvalue weighted by atomic mass is 35.5. The molecule has 5 rings (SSSR count). The highest BCUT2D eigenvalue weighted by Gasteiger charge is 2.33. The first-order chi connectivity index (χ1) is 17.7. The number of carbonyl (C=O) groups excluding carboxylic acids is 2. The van der Waals surface area contributed by atoms with E-state index in [4.69, 9.17) is 21.3 Å². The van der Waals surface area contributed by atoms with Gasteiger partial charge < -0.3 is 9.64 Å². The van der Waals surface area contributed by atoms with Crippen LogP contribution in [0.5, 0.6) is 0 Å². The first-order valence-corrected chi connectivity index (χ1v) is 14.4. The van der Waals surface area contributed by atoms with E-state index in [-0.39, 0.29) is 11.5 Å². The van der Waals surface area contributed by atoms with E-state index >= 15 is 0 Å². The van der Waals surface area contributed by atoms with Crippen LogP contribution in [0.1, 0.15) is 46.4 Å². The summed E-state index contributed by atoms with van der Waals surface area (Å²) in [4.78, 5) is 32.5. The van der Waals surface area contributed by atoms with Crippen LogP contribution in [-0.4, -0.2) is 61.4 Å². The van der Waals surface area contributed by atoms with E-state index in [0.717, 1.165) is 35.2 Å². The van der Waals surface area contributed by atoms with Crippen molar-refractivity contribution in [2.24, 2.45) is 0 Å². The standard InChI is InChI=1S/C28H27ClN2O5S/c1-31(21-13-14-37(34,35)17-21)25(32)16-36-28(33)26-22-6-2-3-8-24(22)30-27-19(5-4-7-23(26)27)15-18-9-11-20(29)12-10-18/h2-3,6,8-12,15,21H,4-5,7,13-14,16-17H2,1H3/b19-15-. The first-order valence-electron chi connectivity index (χ1n) is 12.2. The number of carbonyl (C=O) groups is 2. The van der Waals surface area contributed by atoms with Crippen molar-refractivity contribution in [1.82, 2.24) is 9.88 Å². The number of amides is 1. The number of likely N-dealkylation sites (N-methyl/N-ethyl adjacent to an activating group) is 1. The summed E-state index contributed by atoms with van der Waals surface area (Å²) in [5.74, 6) is -1.00. The lowest BCUT2D eigenvalue weighted by molar-refractivity contribution is -0.134. The van der Waals surface area contributed by atoms with Gasteiger partial charge in [0, 0.05) is 23.5 Å². The minimum atomic E-state index is -3.13. The van der Waals surface area contributed by atoms with Gasteiger partial charge in [-0.1, -0.05) is 41.9 Å². The third kappa shape index (κ3) is 5.40. The Hall–Kier alpha value is -3.23. The van der Waals surface area contributed by atoms with Crippen LogP contribution in [0.3, 0.4) is 0 Å². The lowest BCUT2D eigenvalue weighted by atomic mass is 9.86. The minimum Gasteiger partial charge on any atom is -0.452 e. The van der Waals surface area contributed by atoms with Gasteiger partial charge in [0.25, 0.3) is 5.91 Å². The Morgan fingerprint density at radius 1 is 1.14 bits per heavy atom. The molecule has 0 spiro atoms. The zero-order valence-corrected chi connectivity index (χ0v) is 22.0. The summed E-state index contributed by atoms with van der Waals surface area (Å²) in [7, 11) is -1.58. The Balaban J connectivity index is 1.44. The molecule has 9 heteroatoms. The molecule has 0 radical (unpaired) electrons. The van der Waals surface area contributed by atoms with E-state index in [1.807, 2.05) is 48.5 Å². The van der Waals surface area contributed by atoms with Crippen molar-refractivity contribution in [1.29, 1.82) is 0 Å². The number of hydrogen-bond donors (Lipinski definition) is 0. The van der Waals surface area contributed by atoms with Crippen molar-refractivity contribution < 1.29 is 22.7 Å². The number of allylic oxidation sites excluding steroid dienone is 1. The number of nitrogens with zero attached hydrogens (tertiary/aromatic N) is 2. The predicted octanol–water partition coefficient (Wildman–Crippen LogP) is 4.57. The van der Waals surface area contributed by atoms with Gasteiger partial charge in [-0.3, -0.25) is 4.79 Å². The Bertz CT molecular complexity index is 1520. The molecule has 1 atom stereocenters. The molecule has 2 aromatic carbocycles. The molecule has 1 saturated heterocycles. The van der Waals surface area contributed by atoms with Gasteiger partial charge in [0.15, 0.2) is 16.4 Å². The minimum absolute atomic E-state index is 0.0611. The summed E-state index contributed by atoms with van der Waals surface area (Å²) in [6, 6.07) is 14.6. The van der Waals surface area contributed by atoms with E-state index in [9.17, 15) is 18.0 Å². The van der Waals surface area contributed by atoms with Gasteiger partial charge in [-0.2, -0.15) is 0 Å². The van der Waals surface area contributed by atoms with Crippen molar-refractivity contribution in [3.63, 3.8) is 0 Å². The predicted molar refractivity (Wildman–Crippen MR) is 144 cm³/mol. The SMILES string of the molecule is CN(C(=O)COC(=O)c1c2c(nc3ccccc13)/C(=C\c1ccc(Cl)cc1)CCC2)C1CCS(=O)(=O)C1. The first kappa shape index (κ1) is 25.4. The zero-order valence-electron chi connectivity index (χ0n) is 20.4. The number of esters is 1. The van der Waals surface area contributed by atoms with Crippen molar-refractivity contribution in [3.05, 3.63) is 75.9 Å². The van der Waals surface area contributed by atoms with Crippen LogP contribution in [0, 0.1) is 0 Å². The van der Waals surface area contributed by atoms with Crippen molar-refractivity contribution in [2.75, 3.05) is 25.2 Å². The summed E-state index contributed by atoms with van der Waals surface area (Å²) in [5, 5.41) is 1.34. The quantitative estimate of drug-likeness (QED) is 0.442. The number of aromatic nitrogens is 1. The highest BCUT2D eigenvalue weighted by molar-refractivity contribution is 7.91. The molecular formula is C28H27ClN2O5S. The van der Waals surface area contributed by atoms with Crippen LogP contribution in [0.25, 0.3) is 22.6 Å². The second kappa shape index (κ2) is 10.3. The van der Waals surface area contributed by atoms with Crippen LogP contribution in [-0.2, 0) is 25.8 Å². The number of ether oxygens (including phenoxy) is 1. The molecule has 1 aromatic heterocycles. The molecule has 37 heavy (non-hydrogen) atoms. The van der Waals surface area contributed by atoms with Crippen LogP contribution in [0.15, 0.2) is 48.5 Å². The maximum Gasteiger partial charge on any atom is 0.339 e. The van der Waals surface area contributed by atoms with Gasteiger partial charge in [0.1, 0.15) is 0 Å². The van der Waals surface area contributed by atoms with Crippen LogP contribution < -0.4 is 0 Å². The molecule has 1 aliphatic carbocycles. The number of benzene rings is 2. The molecule has 1 aliphatic heterocycles. The number of hydrogen-bond acceptors (Lipinski definition) is 6. The number of para-hydroxylation sites is 1. The monoisotopic (exact) mass is 538 g/mol. The van der Waals surface area contributed by atoms with E-state index in [2.05, 4.69) is 6.08 Å². The molecular weight excluding hydrogens is 512 g/mol. The van der Waals surface area contributed by atoms with Gasteiger partial charge in [-0.25, -0.2) is 18.2 Å². The number of pyridine rings is 1. The smallest absolute Gasteiger partial charge is 0.339 e. The topological polar surface area (TPSA) is 93.6 Å². The number of halogens is 1. The Morgan fingerprint density at radius 2 is 1.89 bits per heavy atom. The third-order valence-corrected chi connectivity index (χ3v) is 9.06. The molecule has 3 aromatic rings. The van der Waals surface area contributed by atoms with Crippen LogP contribution in [0.2, 0.25) is 5.02 Å². The normalized spacial score (nSPS) is 19.5. The molecule has 1 unspecified atom stereocenters. The molecule has 192 valence electrons. The fourth-order valence-corrected chi connectivity index (χ4v) is 6.95. The summed E-state index contributed by atoms with van der Waals surface area (Å²) in [6.45, 7) is -0.454. The molecule has 2 heterocycles. The summed E-state index contributed by atoms with van der Waals surface area (Å²) in [6.07, 6.45) is 4.81. The summed E-state index contributed by atoms with van der Waals surface area (Å²) >= 11 is 6.04. The van der Waals surface area contributed by atoms with E-state index < -0.39 is 34.4 Å². The average molecular weight is 539 g/mol. The fraction of sp³-hybridized carbons (Fsp3) is 0.321. The zero-order chi connectivity index (χ0) is 26.2. The summed E-state index contributed by atoms with van der Waals surface area (Å²) in [5.41, 5.74) is 4.72. The van der Waals surface area contributed by atoms with Crippen LogP contribution >= 0.6 is 11.6 Å². The van der Waals surface area contributed by atoms with E-state index in [1.165, 1.54) is 4.90 Å². The average Bonchev–Trinajstić information content (AvgIpc) is 3.26. The Kier molecular flexibility index (Phi) is 7.05. The van der Waals surface area contributed by atoms with E-state index in [1.54, 1.807) is 7.05 Å². The molecule has 0 bridgehead atoms. The van der Waals surface area contributed by atoms with E-state index in [0.29, 0.717) is 34.3 Å². The van der Waals surface area contributed by atoms with Gasteiger partial charge in [-0.05, 0) is 66.7 Å². The molecule has 7 nitrogen and oxygen atoms in total. The maximum atomic E-state index is 13.4. The molecule has 0 N–H and O–H groups in total. The Labute approximate surface area is 221 Å². The molecule has 1 amide bonds. The third-order valence-electron chi connectivity index (χ3n) is 7.06. The number of fused-ring (bicyclic) bond motifs is 2. The van der Waals surface area contributed by atoms with Crippen LogP contribution in [0.4, 0.5) is 0 Å².